The average Bonchev–Trinajstić information content (AvgIpc) is 2.21. The molecule has 0 atom stereocenters. The maximum atomic E-state index is 10.4. The Kier molecular flexibility index (Phi) is 3.34. The number of anilines is 3. The van der Waals surface area contributed by atoms with Crippen molar-refractivity contribution in [3.63, 3.8) is 0 Å². The van der Waals surface area contributed by atoms with Gasteiger partial charge in [-0.2, -0.15) is 0 Å². The van der Waals surface area contributed by atoms with E-state index in [4.69, 9.17) is 0 Å². The molecule has 1 aromatic carbocycles. The topological polar surface area (TPSA) is 53.2 Å². The first-order chi connectivity index (χ1) is 6.72. The molecule has 0 aliphatic heterocycles. The lowest BCUT2D eigenvalue weighted by atomic mass is 10.1. The highest BCUT2D eigenvalue weighted by Crippen LogP contribution is 2.27. The van der Waals surface area contributed by atoms with Gasteiger partial charge in [-0.1, -0.05) is 0 Å². The highest BCUT2D eigenvalue weighted by Gasteiger charge is 2.04. The summed E-state index contributed by atoms with van der Waals surface area (Å²) in [4.78, 5) is 10.4. The third-order valence-corrected chi connectivity index (χ3v) is 2.18. The van der Waals surface area contributed by atoms with E-state index in [1.165, 1.54) is 0 Å². The van der Waals surface area contributed by atoms with Crippen LogP contribution in [0, 0.1) is 6.92 Å². The lowest BCUT2D eigenvalue weighted by molar-refractivity contribution is -0.105. The Morgan fingerprint density at radius 3 is 2.29 bits per heavy atom. The summed E-state index contributed by atoms with van der Waals surface area (Å²) in [5, 5.41) is 8.77. The number of carbonyl (C=O) groups excluding carboxylic acids is 1. The predicted octanol–water partition coefficient (Wildman–Crippen LogP) is 1.65. The maximum Gasteiger partial charge on any atom is 0.211 e. The molecule has 0 fully saturated rings. The Balaban J connectivity index is 3.19. The van der Waals surface area contributed by atoms with Crippen molar-refractivity contribution in [1.29, 1.82) is 0 Å². The minimum atomic E-state index is 0.682. The van der Waals surface area contributed by atoms with Crippen LogP contribution in [-0.4, -0.2) is 20.5 Å². The predicted molar refractivity (Wildman–Crippen MR) is 60.0 cm³/mol. The molecule has 0 saturated carbocycles. The zero-order valence-electron chi connectivity index (χ0n) is 8.64. The minimum Gasteiger partial charge on any atom is -0.388 e. The fraction of sp³-hybridized carbons (Fsp3) is 0.300. The molecule has 0 saturated heterocycles. The molecule has 0 aromatic heterocycles. The van der Waals surface area contributed by atoms with Crippen LogP contribution >= 0.6 is 0 Å². The van der Waals surface area contributed by atoms with Gasteiger partial charge in [-0.05, 0) is 24.6 Å². The van der Waals surface area contributed by atoms with Crippen molar-refractivity contribution >= 4 is 23.5 Å². The van der Waals surface area contributed by atoms with E-state index in [2.05, 4.69) is 16.0 Å². The summed E-state index contributed by atoms with van der Waals surface area (Å²) in [7, 11) is 3.70. The first-order valence-electron chi connectivity index (χ1n) is 4.43. The third-order valence-electron chi connectivity index (χ3n) is 2.18. The van der Waals surface area contributed by atoms with Crippen LogP contribution in [0.2, 0.25) is 0 Å². The van der Waals surface area contributed by atoms with Crippen LogP contribution in [0.25, 0.3) is 0 Å². The number of benzene rings is 1. The second kappa shape index (κ2) is 4.50. The van der Waals surface area contributed by atoms with Gasteiger partial charge in [0.2, 0.25) is 6.41 Å². The highest BCUT2D eigenvalue weighted by atomic mass is 16.1. The van der Waals surface area contributed by atoms with Crippen LogP contribution in [0.1, 0.15) is 5.56 Å². The van der Waals surface area contributed by atoms with Gasteiger partial charge in [0.05, 0.1) is 0 Å². The summed E-state index contributed by atoms with van der Waals surface area (Å²) in [5.74, 6) is 0. The van der Waals surface area contributed by atoms with Crippen molar-refractivity contribution in [2.24, 2.45) is 0 Å². The molecule has 0 unspecified atom stereocenters. The van der Waals surface area contributed by atoms with Gasteiger partial charge in [0.25, 0.3) is 0 Å². The van der Waals surface area contributed by atoms with E-state index in [1.54, 1.807) is 0 Å². The molecule has 0 spiro atoms. The van der Waals surface area contributed by atoms with Gasteiger partial charge in [-0.25, -0.2) is 0 Å². The van der Waals surface area contributed by atoms with Gasteiger partial charge in [0.1, 0.15) is 0 Å². The fourth-order valence-corrected chi connectivity index (χ4v) is 1.33. The van der Waals surface area contributed by atoms with E-state index in [1.807, 2.05) is 33.2 Å². The van der Waals surface area contributed by atoms with Crippen LogP contribution < -0.4 is 16.0 Å². The van der Waals surface area contributed by atoms with Crippen molar-refractivity contribution < 1.29 is 4.79 Å². The molecular weight excluding hydrogens is 178 g/mol. The van der Waals surface area contributed by atoms with Crippen molar-refractivity contribution in [1.82, 2.24) is 0 Å². The molecule has 0 aliphatic carbocycles. The molecule has 4 nitrogen and oxygen atoms in total. The fourth-order valence-electron chi connectivity index (χ4n) is 1.33. The number of rotatable bonds is 4. The molecule has 1 rings (SSSR count). The van der Waals surface area contributed by atoms with Gasteiger partial charge in [-0.15, -0.1) is 0 Å². The summed E-state index contributed by atoms with van der Waals surface area (Å²) in [5.41, 5.74) is 3.81. The third kappa shape index (κ3) is 1.96. The molecule has 0 radical (unpaired) electrons. The molecule has 0 bridgehead atoms. The Labute approximate surface area is 83.7 Å². The number of amides is 1. The van der Waals surface area contributed by atoms with Gasteiger partial charge in [0.15, 0.2) is 0 Å². The Bertz CT molecular complexity index is 336. The van der Waals surface area contributed by atoms with Crippen LogP contribution in [-0.2, 0) is 4.79 Å². The Morgan fingerprint density at radius 1 is 1.14 bits per heavy atom. The van der Waals surface area contributed by atoms with E-state index < -0.39 is 0 Å². The molecule has 1 amide bonds. The molecule has 3 N–H and O–H groups in total. The smallest absolute Gasteiger partial charge is 0.211 e. The van der Waals surface area contributed by atoms with E-state index in [0.29, 0.717) is 6.41 Å². The molecular formula is C10H15N3O. The average molecular weight is 193 g/mol. The van der Waals surface area contributed by atoms with Crippen molar-refractivity contribution in [2.45, 2.75) is 6.92 Å². The molecule has 1 aromatic rings. The van der Waals surface area contributed by atoms with E-state index >= 15 is 0 Å². The second-order valence-electron chi connectivity index (χ2n) is 2.96. The molecule has 0 heterocycles. The van der Waals surface area contributed by atoms with Gasteiger partial charge in [0, 0.05) is 31.2 Å². The van der Waals surface area contributed by atoms with E-state index in [9.17, 15) is 4.79 Å². The molecule has 0 aliphatic rings. The number of hydrogen-bond donors (Lipinski definition) is 3. The monoisotopic (exact) mass is 193 g/mol. The molecule has 14 heavy (non-hydrogen) atoms. The van der Waals surface area contributed by atoms with Crippen LogP contribution in [0.15, 0.2) is 12.1 Å². The molecule has 4 heteroatoms. The number of hydrogen-bond acceptors (Lipinski definition) is 3. The summed E-state index contributed by atoms with van der Waals surface area (Å²) in [6.45, 7) is 1.96. The van der Waals surface area contributed by atoms with Gasteiger partial charge in [-0.3, -0.25) is 4.79 Å². The van der Waals surface area contributed by atoms with Crippen LogP contribution in [0.5, 0.6) is 0 Å². The van der Waals surface area contributed by atoms with Crippen molar-refractivity contribution in [2.75, 3.05) is 30.0 Å². The van der Waals surface area contributed by atoms with Gasteiger partial charge >= 0.3 is 0 Å². The number of nitrogens with one attached hydrogen (secondary N) is 3. The minimum absolute atomic E-state index is 0.682. The SMILES string of the molecule is CNc1cc(NC)c(C)c(NC=O)c1. The van der Waals surface area contributed by atoms with E-state index in [-0.39, 0.29) is 0 Å². The van der Waals surface area contributed by atoms with Crippen molar-refractivity contribution in [3.05, 3.63) is 17.7 Å². The number of carbonyl (C=O) groups is 1. The van der Waals surface area contributed by atoms with E-state index in [0.717, 1.165) is 22.6 Å². The zero-order chi connectivity index (χ0) is 10.6. The summed E-state index contributed by atoms with van der Waals surface area (Å²) >= 11 is 0. The molecule has 76 valence electrons. The normalized spacial score (nSPS) is 9.36. The van der Waals surface area contributed by atoms with Crippen LogP contribution in [0.4, 0.5) is 17.1 Å². The highest BCUT2D eigenvalue weighted by molar-refractivity contribution is 5.80. The van der Waals surface area contributed by atoms with Crippen molar-refractivity contribution in [3.8, 4) is 0 Å². The lowest BCUT2D eigenvalue weighted by Crippen LogP contribution is -2.02. The standard InChI is InChI=1S/C10H15N3O/c1-7-9(12-3)4-8(11-2)5-10(7)13-6-14/h4-6,11-12H,1-3H3,(H,13,14). The summed E-state index contributed by atoms with van der Waals surface area (Å²) in [6, 6.07) is 3.88. The second-order valence-corrected chi connectivity index (χ2v) is 2.96. The van der Waals surface area contributed by atoms with Crippen LogP contribution in [0.3, 0.4) is 0 Å². The quantitative estimate of drug-likeness (QED) is 0.637. The summed E-state index contributed by atoms with van der Waals surface area (Å²) < 4.78 is 0. The Hall–Kier alpha value is -1.71. The summed E-state index contributed by atoms with van der Waals surface area (Å²) in [6.07, 6.45) is 0.682. The zero-order valence-corrected chi connectivity index (χ0v) is 8.64. The first-order valence-corrected chi connectivity index (χ1v) is 4.43. The largest absolute Gasteiger partial charge is 0.388 e. The maximum absolute atomic E-state index is 10.4. The van der Waals surface area contributed by atoms with Gasteiger partial charge < -0.3 is 16.0 Å². The lowest BCUT2D eigenvalue weighted by Gasteiger charge is -2.12. The first kappa shape index (κ1) is 10.4. The Morgan fingerprint density at radius 2 is 1.79 bits per heavy atom.